The molecule has 10 aromatic rings. The number of nitrogens with zero attached hydrogens (tertiary/aromatic N) is 5. The first-order valence-electron chi connectivity index (χ1n) is 42.4. The van der Waals surface area contributed by atoms with Crippen LogP contribution < -0.4 is 87.6 Å². The van der Waals surface area contributed by atoms with Crippen molar-refractivity contribution in [2.75, 3.05) is 28.4 Å². The van der Waals surface area contributed by atoms with Crippen LogP contribution in [-0.4, -0.2) is 106 Å². The van der Waals surface area contributed by atoms with E-state index in [1.165, 1.54) is 164 Å². The van der Waals surface area contributed by atoms with E-state index in [0.29, 0.717) is 95.0 Å². The Morgan fingerprint density at radius 1 is 0.295 bits per heavy atom. The number of rotatable bonds is 27. The van der Waals surface area contributed by atoms with Gasteiger partial charge in [-0.05, 0) is 87.2 Å². The Morgan fingerprint density at radius 3 is 1.02 bits per heavy atom. The fraction of sp³-hybridized carbons (Fsp3) is 0.394. The molecule has 0 aromatic heterocycles. The number of aryl methyl sites for hydroxylation is 1. The van der Waals surface area contributed by atoms with Crippen LogP contribution in [-0.2, 0) is 130 Å². The zero-order valence-corrected chi connectivity index (χ0v) is 102. The number of aromatic hydroxyl groups is 5. The van der Waals surface area contributed by atoms with Crippen LogP contribution in [0, 0.1) is 12.7 Å². The number of ether oxygens (including phenoxy) is 4. The molecule has 10 aromatic carbocycles. The summed E-state index contributed by atoms with van der Waals surface area (Å²) >= 11 is 7.36. The predicted octanol–water partition coefficient (Wildman–Crippen LogP) is 24.0. The van der Waals surface area contributed by atoms with Gasteiger partial charge < -0.3 is 71.1 Å². The van der Waals surface area contributed by atoms with Crippen LogP contribution in [0.5, 0.6) is 51.7 Å². The van der Waals surface area contributed by atoms with E-state index in [0.717, 1.165) is 60.2 Å². The molecule has 5 N–H and O–H groups in total. The SMILES string of the molecule is CC(C)(C)[N-]Cc1cc(F)ccc1Pc1cc([Si](C)(C)C)cc([Si](C)(C)C)c1O.COc1cc(OC)c(O)c(Pc2ccccc2C[N-]C(C)(C)C)c1.COc1ccc(O)c(Pc2ccccc2C[N-]C(C)(C)C)c1.COc1cccc(Pc2ccccc2C[N-]C(C)(C)C)c1O.Cc1ccc(Pc2cc([Si](C)(C)C)ccc2O)c(C[N-]C(C)(C)C)c1.[Cl][Ti+].[Cl][Ti+].[Cl][Ti+].[Cl][Ti+].[Cl][Ti+]. The topological polar surface area (TPSA) is 209 Å². The second-order valence-corrected chi connectivity index (χ2v) is 60.2. The van der Waals surface area contributed by atoms with Crippen molar-refractivity contribution in [3.63, 3.8) is 0 Å². The normalized spacial score (nSPS) is 11.7. The van der Waals surface area contributed by atoms with Crippen molar-refractivity contribution in [2.24, 2.45) is 0 Å². The molecule has 0 aliphatic heterocycles. The van der Waals surface area contributed by atoms with Crippen molar-refractivity contribution in [2.45, 2.75) is 230 Å². The summed E-state index contributed by atoms with van der Waals surface area (Å²) in [5.41, 5.74) is 6.65. The van der Waals surface area contributed by atoms with E-state index < -0.39 is 24.2 Å². The van der Waals surface area contributed by atoms with Gasteiger partial charge in [0.25, 0.3) is 0 Å². The Morgan fingerprint density at radius 2 is 0.621 bits per heavy atom. The molecule has 10 rings (SSSR count). The van der Waals surface area contributed by atoms with Crippen LogP contribution in [0.1, 0.15) is 137 Å². The van der Waals surface area contributed by atoms with Crippen LogP contribution in [0.25, 0.3) is 26.6 Å². The van der Waals surface area contributed by atoms with Gasteiger partial charge >= 0.3 is 143 Å². The number of halogens is 6. The number of benzene rings is 10. The summed E-state index contributed by atoms with van der Waals surface area (Å²) in [6, 6.07) is 61.4. The van der Waals surface area contributed by atoms with Gasteiger partial charge in [0.05, 0.1) is 52.7 Å². The van der Waals surface area contributed by atoms with Gasteiger partial charge in [-0.25, -0.2) is 4.39 Å². The van der Waals surface area contributed by atoms with Crippen molar-refractivity contribution in [3.05, 3.63) is 254 Å². The number of methoxy groups -OCH3 is 4. The molecule has 0 bridgehead atoms. The van der Waals surface area contributed by atoms with Crippen molar-refractivity contribution in [3.8, 4) is 51.7 Å². The Balaban J connectivity index is 0.000000807. The Labute approximate surface area is 882 Å². The third-order valence-electron chi connectivity index (χ3n) is 18.9. The molecule has 0 radical (unpaired) electrons. The minimum atomic E-state index is -1.70. The van der Waals surface area contributed by atoms with E-state index in [1.807, 2.05) is 72.8 Å². The van der Waals surface area contributed by atoms with Gasteiger partial charge in [0.1, 0.15) is 34.6 Å². The molecule has 712 valence electrons. The van der Waals surface area contributed by atoms with E-state index in [4.69, 9.17) is 45.5 Å². The molecule has 0 aliphatic carbocycles. The summed E-state index contributed by atoms with van der Waals surface area (Å²) in [6.45, 7) is 57.7. The quantitative estimate of drug-likeness (QED) is 0.0245. The molecule has 5 atom stereocenters. The van der Waals surface area contributed by atoms with Gasteiger partial charge in [-0.2, -0.15) is 0 Å². The van der Waals surface area contributed by atoms with Gasteiger partial charge in [0.15, 0.2) is 23.0 Å². The third kappa shape index (κ3) is 49.1. The first-order chi connectivity index (χ1) is 61.7. The fourth-order valence-electron chi connectivity index (χ4n) is 11.8. The number of hydrogen-bond acceptors (Lipinski definition) is 9. The van der Waals surface area contributed by atoms with Crippen molar-refractivity contribution in [1.29, 1.82) is 0 Å². The maximum atomic E-state index is 13.9. The van der Waals surface area contributed by atoms with Crippen LogP contribution >= 0.6 is 89.4 Å². The van der Waals surface area contributed by atoms with Crippen molar-refractivity contribution >= 4 is 182 Å². The summed E-state index contributed by atoms with van der Waals surface area (Å²) in [7, 11) is 26.7. The molecular weight excluding hydrogens is 2080 g/mol. The molecule has 0 spiro atoms. The van der Waals surface area contributed by atoms with E-state index in [1.54, 1.807) is 51.7 Å². The van der Waals surface area contributed by atoms with Gasteiger partial charge in [-0.3, -0.25) is 0 Å². The molecular formula is C99H138Cl5FN5O9P5Si3Ti5. The Bertz CT molecular complexity index is 5040. The zero-order chi connectivity index (χ0) is 101. The molecule has 33 heteroatoms. The van der Waals surface area contributed by atoms with Crippen molar-refractivity contribution in [1.82, 2.24) is 0 Å². The average molecular weight is 2220 g/mol. The second-order valence-electron chi connectivity index (χ2n) is 38.4. The van der Waals surface area contributed by atoms with Crippen molar-refractivity contribution < 1.29 is 146 Å². The third-order valence-corrected chi connectivity index (χ3v) is 32.1. The summed E-state index contributed by atoms with van der Waals surface area (Å²) in [5, 5.41) is 90.3. The first kappa shape index (κ1) is 128. The van der Waals surface area contributed by atoms with Crippen LogP contribution in [0.4, 0.5) is 4.39 Å². The van der Waals surface area contributed by atoms with E-state index in [-0.39, 0.29) is 53.6 Å². The monoisotopic (exact) mass is 2210 g/mol. The van der Waals surface area contributed by atoms with Gasteiger partial charge in [-0.15, -0.1) is 60.4 Å². The number of para-hydroxylation sites is 1. The van der Waals surface area contributed by atoms with Gasteiger partial charge in [0.2, 0.25) is 0 Å². The summed E-state index contributed by atoms with van der Waals surface area (Å²) in [4.78, 5) is 0. The van der Waals surface area contributed by atoms with E-state index >= 15 is 0 Å². The summed E-state index contributed by atoms with van der Waals surface area (Å²) in [6.07, 6.45) is 0. The number of hydrogen-bond donors (Lipinski definition) is 5. The molecule has 0 amide bonds. The Hall–Kier alpha value is -2.05. The number of phenolic OH excluding ortho intramolecular Hbond substituents is 5. The molecule has 0 saturated carbocycles. The second kappa shape index (κ2) is 63.1. The molecule has 0 saturated heterocycles. The molecule has 132 heavy (non-hydrogen) atoms. The van der Waals surface area contributed by atoms with E-state index in [9.17, 15) is 29.9 Å². The Kier molecular flexibility index (Phi) is 61.1. The molecule has 14 nitrogen and oxygen atoms in total. The van der Waals surface area contributed by atoms with Gasteiger partial charge in [-0.1, -0.05) is 383 Å². The fourth-order valence-corrected chi connectivity index (χ4v) is 22.2. The molecule has 0 heterocycles. The predicted molar refractivity (Wildman–Crippen MR) is 574 cm³/mol. The summed E-state index contributed by atoms with van der Waals surface area (Å²) < 4.78 is 34.9. The maximum absolute atomic E-state index is 13.9. The molecule has 0 aliphatic rings. The number of phenols is 5. The van der Waals surface area contributed by atoms with E-state index in [2.05, 4.69) is 295 Å². The molecule has 5 unspecified atom stereocenters. The van der Waals surface area contributed by atoms with Crippen LogP contribution in [0.2, 0.25) is 58.9 Å². The summed E-state index contributed by atoms with van der Waals surface area (Å²) in [5.74, 6) is 3.68. The zero-order valence-electron chi connectivity index (χ0n) is 82.3. The van der Waals surface area contributed by atoms with Crippen LogP contribution in [0.15, 0.2) is 188 Å². The molecule has 0 fully saturated rings. The van der Waals surface area contributed by atoms with Crippen LogP contribution in [0.3, 0.4) is 0 Å². The van der Waals surface area contributed by atoms with Gasteiger partial charge in [0, 0.05) is 32.6 Å². The standard InChI is InChI=1S/C23H36FNOPSi2.C21H31NOPSi.C19H25NO3P.2C18H23NO2P.5ClH.5Ti/c1-23(2,3)25-15-16-12-17(24)10-11-19(16)27-20-13-18(28(4,5)6)14-21(22(20)26)29(7,8)9;1-15-8-11-19(16(12-15)14-22-21(2,3)4)24-20-13-17(25(5,6)7)9-10-18(20)23;1-19(2,3)20-12-13-8-6-7-9-16(13)24-17-11-14(22-4)10-15(23-5)18(17)21;1-18(2,3)19-12-13-8-5-6-10-15(13)22-16-11-7-9-14(21-4)17(16)20;1-18(2,3)19-12-13-7-5-6-8-16(13)22-17-11-14(21-4)9-10-15(17)20;;;;;;;;;;/h10-14,26-27H,15H2,1-9H3;8-13,23-24H,14H2,1-7H3;6-11,21,24H,12H2,1-5H3;2*5-11,20,22H,12H2,1-4H3;5*1H;;;;;/q5*-1;;;;;;5*+2/p-5. The minimum absolute atomic E-state index is 0.0377. The average Bonchev–Trinajstić information content (AvgIpc) is 0.774. The first-order valence-corrected chi connectivity index (χ1v) is 68.6.